The number of carboxylic acid groups (broad SMARTS) is 1. The van der Waals surface area contributed by atoms with Gasteiger partial charge in [-0.3, -0.25) is 0 Å². The van der Waals surface area contributed by atoms with Crippen LogP contribution in [0.15, 0.2) is 0 Å². The molecule has 0 radical (unpaired) electrons. The van der Waals surface area contributed by atoms with Gasteiger partial charge in [-0.25, -0.2) is 18.4 Å². The average molecular weight is 280 g/mol. The molecule has 1 fully saturated rings. The summed E-state index contributed by atoms with van der Waals surface area (Å²) < 4.78 is 30.8. The second-order valence-electron chi connectivity index (χ2n) is 4.57. The highest BCUT2D eigenvalue weighted by molar-refractivity contribution is 5.82. The molecule has 6 nitrogen and oxygen atoms in total. The van der Waals surface area contributed by atoms with Gasteiger partial charge in [0.25, 0.3) is 0 Å². The molecular weight excluding hydrogens is 262 g/mol. The van der Waals surface area contributed by atoms with E-state index in [4.69, 9.17) is 9.84 Å². The highest BCUT2D eigenvalue weighted by atomic mass is 19.3. The normalized spacial score (nSPS) is 18.6. The lowest BCUT2D eigenvalue weighted by molar-refractivity contribution is -0.141. The van der Waals surface area contributed by atoms with Crippen LogP contribution in [0.4, 0.5) is 13.6 Å². The molecule has 1 atom stereocenters. The largest absolute Gasteiger partial charge is 0.480 e. The molecule has 110 valence electrons. The standard InChI is InChI=1S/C11H18F2N2O4/c1-11(12,13)7-8(9(16)17)14-10(18)15-3-2-5-19-6-4-15/h8H,2-7H2,1H3,(H,14,18)(H,16,17). The maximum atomic E-state index is 12.8. The fraction of sp³-hybridized carbons (Fsp3) is 0.818. The predicted molar refractivity (Wildman–Crippen MR) is 62.2 cm³/mol. The summed E-state index contributed by atoms with van der Waals surface area (Å²) in [5, 5.41) is 11.0. The van der Waals surface area contributed by atoms with Crippen molar-refractivity contribution in [1.29, 1.82) is 0 Å². The van der Waals surface area contributed by atoms with Gasteiger partial charge >= 0.3 is 12.0 Å². The van der Waals surface area contributed by atoms with Crippen LogP contribution in [0.5, 0.6) is 0 Å². The van der Waals surface area contributed by atoms with Crippen LogP contribution in [0.25, 0.3) is 0 Å². The SMILES string of the molecule is CC(F)(F)CC(NC(=O)N1CCCOCC1)C(=O)O. The fourth-order valence-corrected chi connectivity index (χ4v) is 1.75. The van der Waals surface area contributed by atoms with Gasteiger partial charge in [-0.1, -0.05) is 0 Å². The molecule has 0 aromatic rings. The van der Waals surface area contributed by atoms with Crippen LogP contribution in [0.1, 0.15) is 19.8 Å². The highest BCUT2D eigenvalue weighted by Gasteiger charge is 2.33. The number of halogens is 2. The lowest BCUT2D eigenvalue weighted by Crippen LogP contribution is -2.50. The number of carbonyl (C=O) groups is 2. The molecule has 1 aliphatic rings. The average Bonchev–Trinajstić information content (AvgIpc) is 2.54. The summed E-state index contributed by atoms with van der Waals surface area (Å²) in [6.07, 6.45) is -0.298. The second kappa shape index (κ2) is 6.65. The molecule has 0 aliphatic carbocycles. The topological polar surface area (TPSA) is 78.9 Å². The fourth-order valence-electron chi connectivity index (χ4n) is 1.75. The molecule has 2 N–H and O–H groups in total. The first kappa shape index (κ1) is 15.6. The van der Waals surface area contributed by atoms with Crippen molar-refractivity contribution in [2.24, 2.45) is 0 Å². The number of aliphatic carboxylic acids is 1. The summed E-state index contributed by atoms with van der Waals surface area (Å²) in [7, 11) is 0. The third-order valence-electron chi connectivity index (χ3n) is 2.67. The molecule has 1 unspecified atom stereocenters. The first-order valence-electron chi connectivity index (χ1n) is 6.03. The zero-order chi connectivity index (χ0) is 14.5. The van der Waals surface area contributed by atoms with E-state index in [1.807, 2.05) is 0 Å². The molecule has 19 heavy (non-hydrogen) atoms. The zero-order valence-electron chi connectivity index (χ0n) is 10.7. The molecule has 0 saturated carbocycles. The molecule has 8 heteroatoms. The van der Waals surface area contributed by atoms with Crippen molar-refractivity contribution in [2.45, 2.75) is 31.7 Å². The summed E-state index contributed by atoms with van der Waals surface area (Å²) in [4.78, 5) is 24.0. The summed E-state index contributed by atoms with van der Waals surface area (Å²) in [5.41, 5.74) is 0. The molecular formula is C11H18F2N2O4. The van der Waals surface area contributed by atoms with E-state index in [-0.39, 0.29) is 0 Å². The van der Waals surface area contributed by atoms with E-state index in [1.54, 1.807) is 0 Å². The Kier molecular flexibility index (Phi) is 5.46. The van der Waals surface area contributed by atoms with E-state index in [0.717, 1.165) is 0 Å². The summed E-state index contributed by atoms with van der Waals surface area (Å²) in [5.74, 6) is -4.63. The molecule has 0 bridgehead atoms. The van der Waals surface area contributed by atoms with Crippen LogP contribution < -0.4 is 5.32 Å². The number of carboxylic acids is 1. The molecule has 1 aliphatic heterocycles. The Morgan fingerprint density at radius 2 is 2.11 bits per heavy atom. The minimum atomic E-state index is -3.15. The van der Waals surface area contributed by atoms with Gasteiger partial charge in [0.1, 0.15) is 6.04 Å². The lowest BCUT2D eigenvalue weighted by Gasteiger charge is -2.24. The van der Waals surface area contributed by atoms with E-state index in [1.165, 1.54) is 4.90 Å². The number of rotatable bonds is 4. The van der Waals surface area contributed by atoms with Gasteiger partial charge in [0.15, 0.2) is 0 Å². The van der Waals surface area contributed by atoms with Crippen molar-refractivity contribution in [3.05, 3.63) is 0 Å². The Balaban J connectivity index is 2.57. The Morgan fingerprint density at radius 3 is 2.68 bits per heavy atom. The van der Waals surface area contributed by atoms with Crippen LogP contribution in [-0.4, -0.2) is 60.3 Å². The Labute approximate surface area is 109 Å². The molecule has 1 heterocycles. The van der Waals surface area contributed by atoms with Crippen molar-refractivity contribution < 1.29 is 28.2 Å². The number of hydrogen-bond donors (Lipinski definition) is 2. The van der Waals surface area contributed by atoms with E-state index in [2.05, 4.69) is 5.32 Å². The zero-order valence-corrected chi connectivity index (χ0v) is 10.7. The maximum absolute atomic E-state index is 12.8. The van der Waals surface area contributed by atoms with Crippen molar-refractivity contribution in [3.8, 4) is 0 Å². The molecule has 0 aromatic carbocycles. The Morgan fingerprint density at radius 1 is 1.42 bits per heavy atom. The molecule has 2 amide bonds. The number of nitrogens with zero attached hydrogens (tertiary/aromatic N) is 1. The second-order valence-corrected chi connectivity index (χ2v) is 4.57. The van der Waals surface area contributed by atoms with Gasteiger partial charge in [0.2, 0.25) is 5.92 Å². The minimum absolute atomic E-state index is 0.320. The molecule has 0 spiro atoms. The van der Waals surface area contributed by atoms with Gasteiger partial charge < -0.3 is 20.1 Å². The third-order valence-corrected chi connectivity index (χ3v) is 2.67. The quantitative estimate of drug-likeness (QED) is 0.802. The minimum Gasteiger partial charge on any atom is -0.480 e. The molecule has 1 saturated heterocycles. The smallest absolute Gasteiger partial charge is 0.326 e. The first-order valence-corrected chi connectivity index (χ1v) is 6.03. The van der Waals surface area contributed by atoms with E-state index < -0.39 is 30.4 Å². The highest BCUT2D eigenvalue weighted by Crippen LogP contribution is 2.19. The van der Waals surface area contributed by atoms with Crippen molar-refractivity contribution in [2.75, 3.05) is 26.3 Å². The summed E-state index contributed by atoms with van der Waals surface area (Å²) >= 11 is 0. The van der Waals surface area contributed by atoms with E-state index in [9.17, 15) is 18.4 Å². The Bertz CT molecular complexity index is 325. The number of amides is 2. The van der Waals surface area contributed by atoms with Crippen molar-refractivity contribution >= 4 is 12.0 Å². The monoisotopic (exact) mass is 280 g/mol. The van der Waals surface area contributed by atoms with Gasteiger partial charge in [0.05, 0.1) is 6.61 Å². The lowest BCUT2D eigenvalue weighted by atomic mass is 10.1. The van der Waals surface area contributed by atoms with Crippen molar-refractivity contribution in [1.82, 2.24) is 10.2 Å². The number of carbonyl (C=O) groups excluding carboxylic acids is 1. The number of urea groups is 1. The number of hydrogen-bond acceptors (Lipinski definition) is 3. The van der Waals surface area contributed by atoms with E-state index >= 15 is 0 Å². The number of nitrogens with one attached hydrogen (secondary N) is 1. The van der Waals surface area contributed by atoms with Gasteiger partial charge in [0, 0.05) is 26.1 Å². The van der Waals surface area contributed by atoms with Crippen LogP contribution in [0, 0.1) is 0 Å². The van der Waals surface area contributed by atoms with Crippen LogP contribution in [0.3, 0.4) is 0 Å². The van der Waals surface area contributed by atoms with Gasteiger partial charge in [-0.15, -0.1) is 0 Å². The maximum Gasteiger partial charge on any atom is 0.326 e. The summed E-state index contributed by atoms with van der Waals surface area (Å²) in [6.45, 7) is 2.24. The number of ether oxygens (including phenoxy) is 1. The van der Waals surface area contributed by atoms with Gasteiger partial charge in [-0.2, -0.15) is 0 Å². The van der Waals surface area contributed by atoms with E-state index in [0.29, 0.717) is 39.6 Å². The van der Waals surface area contributed by atoms with Crippen molar-refractivity contribution in [3.63, 3.8) is 0 Å². The van der Waals surface area contributed by atoms with Gasteiger partial charge in [-0.05, 0) is 13.3 Å². The number of alkyl halides is 2. The first-order chi connectivity index (χ1) is 8.79. The van der Waals surface area contributed by atoms with Crippen LogP contribution >= 0.6 is 0 Å². The molecule has 1 rings (SSSR count). The predicted octanol–water partition coefficient (Wildman–Crippen LogP) is 0.917. The molecule has 0 aromatic heterocycles. The summed E-state index contributed by atoms with van der Waals surface area (Å²) in [6, 6.07) is -2.25. The van der Waals surface area contributed by atoms with Crippen LogP contribution in [-0.2, 0) is 9.53 Å². The van der Waals surface area contributed by atoms with Crippen LogP contribution in [0.2, 0.25) is 0 Å². The third kappa shape index (κ3) is 5.82. The Hall–Kier alpha value is -1.44.